The number of hydrogen-bond donors (Lipinski definition) is 1. The molecule has 0 bridgehead atoms. The Labute approximate surface area is 171 Å². The summed E-state index contributed by atoms with van der Waals surface area (Å²) in [5.74, 6) is -0.761. The number of piperidine rings is 1. The monoisotopic (exact) mass is 438 g/mol. The molecule has 5 nitrogen and oxygen atoms in total. The number of nitrogens with zero attached hydrogens (tertiary/aromatic N) is 1. The smallest absolute Gasteiger partial charge is 0.484 e. The predicted octanol–water partition coefficient (Wildman–Crippen LogP) is 3.90. The lowest BCUT2D eigenvalue weighted by atomic mass is 10.0. The summed E-state index contributed by atoms with van der Waals surface area (Å²) < 4.78 is 60.0. The molecule has 1 heterocycles. The van der Waals surface area contributed by atoms with Gasteiger partial charge >= 0.3 is 6.36 Å². The van der Waals surface area contributed by atoms with Gasteiger partial charge in [-0.2, -0.15) is 0 Å². The van der Waals surface area contributed by atoms with Gasteiger partial charge in [0.05, 0.1) is 11.1 Å². The van der Waals surface area contributed by atoms with Gasteiger partial charge < -0.3 is 10.1 Å². The van der Waals surface area contributed by atoms with E-state index in [1.54, 1.807) is 0 Å². The molecule has 1 aromatic carbocycles. The Morgan fingerprint density at radius 2 is 2.07 bits per heavy atom. The highest BCUT2D eigenvalue weighted by Gasteiger charge is 2.39. The summed E-state index contributed by atoms with van der Waals surface area (Å²) in [7, 11) is 0. The summed E-state index contributed by atoms with van der Waals surface area (Å²) in [6, 6.07) is 3.85. The first-order valence-corrected chi connectivity index (χ1v) is 9.93. The standard InChI is InChI=1S/C19H23ClF4N2O3/c20-16-6-5-14(9-17(16)21)28-11-18(27)25-12-2-1-7-26(10-12)13-3-4-15(8-13)29-19(22,23)24/h5-6,9,12-13,15H,1-4,7-8,10-11H2,(H,25,27)/t12-,13+,15+/m0/s1. The van der Waals surface area contributed by atoms with Gasteiger partial charge in [-0.05, 0) is 50.8 Å². The molecule has 3 atom stereocenters. The molecular formula is C19H23ClF4N2O3. The van der Waals surface area contributed by atoms with E-state index in [1.807, 2.05) is 0 Å². The third kappa shape index (κ3) is 6.72. The molecule has 1 aliphatic heterocycles. The van der Waals surface area contributed by atoms with Crippen LogP contribution < -0.4 is 10.1 Å². The van der Waals surface area contributed by atoms with Crippen LogP contribution in [0.3, 0.4) is 0 Å². The van der Waals surface area contributed by atoms with Crippen molar-refractivity contribution in [3.63, 3.8) is 0 Å². The second kappa shape index (κ2) is 9.49. The number of nitrogens with one attached hydrogen (secondary N) is 1. The molecule has 0 spiro atoms. The highest BCUT2D eigenvalue weighted by molar-refractivity contribution is 6.30. The predicted molar refractivity (Wildman–Crippen MR) is 98.2 cm³/mol. The molecule has 0 aromatic heterocycles. The van der Waals surface area contributed by atoms with Crippen LogP contribution in [0.1, 0.15) is 32.1 Å². The zero-order valence-corrected chi connectivity index (χ0v) is 16.4. The number of carbonyl (C=O) groups is 1. The molecule has 0 unspecified atom stereocenters. The second-order valence-electron chi connectivity index (χ2n) is 7.42. The summed E-state index contributed by atoms with van der Waals surface area (Å²) in [5, 5.41) is 2.85. The Kier molecular flexibility index (Phi) is 7.23. The summed E-state index contributed by atoms with van der Waals surface area (Å²) in [6.45, 7) is 1.10. The van der Waals surface area contributed by atoms with Crippen LogP contribution in [0.4, 0.5) is 17.6 Å². The van der Waals surface area contributed by atoms with E-state index in [0.717, 1.165) is 25.5 Å². The van der Waals surface area contributed by atoms with Crippen molar-refractivity contribution in [2.75, 3.05) is 19.7 Å². The van der Waals surface area contributed by atoms with Crippen LogP contribution in [-0.4, -0.2) is 55.1 Å². The molecule has 2 aliphatic rings. The summed E-state index contributed by atoms with van der Waals surface area (Å²) in [4.78, 5) is 14.3. The topological polar surface area (TPSA) is 50.8 Å². The van der Waals surface area contributed by atoms with Crippen molar-refractivity contribution in [2.24, 2.45) is 0 Å². The molecular weight excluding hydrogens is 416 g/mol. The van der Waals surface area contributed by atoms with Gasteiger partial charge in [0, 0.05) is 24.7 Å². The number of carbonyl (C=O) groups excluding carboxylic acids is 1. The fourth-order valence-electron chi connectivity index (χ4n) is 3.99. The number of ether oxygens (including phenoxy) is 2. The number of benzene rings is 1. The van der Waals surface area contributed by atoms with Crippen molar-refractivity contribution in [3.8, 4) is 5.75 Å². The van der Waals surface area contributed by atoms with Crippen molar-refractivity contribution >= 4 is 17.5 Å². The highest BCUT2D eigenvalue weighted by atomic mass is 35.5. The van der Waals surface area contributed by atoms with Crippen LogP contribution in [0.5, 0.6) is 5.75 Å². The number of rotatable bonds is 6. The first-order chi connectivity index (χ1) is 13.7. The van der Waals surface area contributed by atoms with E-state index in [2.05, 4.69) is 15.0 Å². The first-order valence-electron chi connectivity index (χ1n) is 9.55. The largest absolute Gasteiger partial charge is 0.522 e. The van der Waals surface area contributed by atoms with Gasteiger partial charge in [-0.3, -0.25) is 14.4 Å². The third-order valence-corrected chi connectivity index (χ3v) is 5.56. The molecule has 1 saturated carbocycles. The average Bonchev–Trinajstić information content (AvgIpc) is 3.09. The van der Waals surface area contributed by atoms with Crippen molar-refractivity contribution in [1.82, 2.24) is 10.2 Å². The molecule has 10 heteroatoms. The SMILES string of the molecule is O=C(COc1ccc(Cl)c(F)c1)N[C@H]1CCCN([C@@H]2CC[C@@H](OC(F)(F)F)C2)C1. The summed E-state index contributed by atoms with van der Waals surface area (Å²) in [6.07, 6.45) is -2.42. The quantitative estimate of drug-likeness (QED) is 0.684. The molecule has 1 amide bonds. The molecule has 2 fully saturated rings. The zero-order valence-electron chi connectivity index (χ0n) is 15.7. The van der Waals surface area contributed by atoms with Crippen LogP contribution in [-0.2, 0) is 9.53 Å². The number of alkyl halides is 3. The third-order valence-electron chi connectivity index (χ3n) is 5.25. The van der Waals surface area contributed by atoms with Crippen molar-refractivity contribution in [1.29, 1.82) is 0 Å². The molecule has 1 aliphatic carbocycles. The van der Waals surface area contributed by atoms with Gasteiger partial charge in [0.15, 0.2) is 6.61 Å². The fraction of sp³-hybridized carbons (Fsp3) is 0.632. The molecule has 162 valence electrons. The summed E-state index contributed by atoms with van der Waals surface area (Å²) >= 11 is 5.60. The van der Waals surface area contributed by atoms with E-state index >= 15 is 0 Å². The second-order valence-corrected chi connectivity index (χ2v) is 7.83. The highest BCUT2D eigenvalue weighted by Crippen LogP contribution is 2.32. The summed E-state index contributed by atoms with van der Waals surface area (Å²) in [5.41, 5.74) is 0. The average molecular weight is 439 g/mol. The van der Waals surface area contributed by atoms with Gasteiger partial charge in [0.2, 0.25) is 0 Å². The van der Waals surface area contributed by atoms with Gasteiger partial charge in [-0.1, -0.05) is 11.6 Å². The van der Waals surface area contributed by atoms with Gasteiger partial charge in [-0.25, -0.2) is 4.39 Å². The number of halogens is 5. The van der Waals surface area contributed by atoms with E-state index < -0.39 is 18.3 Å². The van der Waals surface area contributed by atoms with Crippen molar-refractivity contribution in [3.05, 3.63) is 29.0 Å². The molecule has 0 radical (unpaired) electrons. The minimum Gasteiger partial charge on any atom is -0.484 e. The van der Waals surface area contributed by atoms with Crippen LogP contribution >= 0.6 is 11.6 Å². The lowest BCUT2D eigenvalue weighted by Gasteiger charge is -2.37. The van der Waals surface area contributed by atoms with E-state index in [1.165, 1.54) is 12.1 Å². The van der Waals surface area contributed by atoms with E-state index in [-0.39, 0.29) is 35.4 Å². The Morgan fingerprint density at radius 1 is 1.28 bits per heavy atom. The fourth-order valence-corrected chi connectivity index (χ4v) is 4.10. The lowest BCUT2D eigenvalue weighted by Crippen LogP contribution is -2.51. The minimum atomic E-state index is -4.61. The molecule has 1 N–H and O–H groups in total. The Balaban J connectivity index is 1.43. The van der Waals surface area contributed by atoms with Gasteiger partial charge in [-0.15, -0.1) is 13.2 Å². The van der Waals surface area contributed by atoms with Gasteiger partial charge in [0.25, 0.3) is 5.91 Å². The van der Waals surface area contributed by atoms with Crippen molar-refractivity contribution < 1.29 is 31.8 Å². The molecule has 1 saturated heterocycles. The Morgan fingerprint density at radius 3 is 2.79 bits per heavy atom. The van der Waals surface area contributed by atoms with Gasteiger partial charge in [0.1, 0.15) is 11.6 Å². The normalized spacial score (nSPS) is 25.8. The maximum atomic E-state index is 13.4. The van der Waals surface area contributed by atoms with Crippen molar-refractivity contribution in [2.45, 2.75) is 56.7 Å². The lowest BCUT2D eigenvalue weighted by molar-refractivity contribution is -0.341. The van der Waals surface area contributed by atoms with Crippen LogP contribution in [0, 0.1) is 5.82 Å². The van der Waals surface area contributed by atoms with Crippen LogP contribution in [0.25, 0.3) is 0 Å². The molecule has 3 rings (SSSR count). The Bertz CT molecular complexity index is 719. The molecule has 29 heavy (non-hydrogen) atoms. The number of likely N-dealkylation sites (tertiary alicyclic amines) is 1. The van der Waals surface area contributed by atoms with E-state index in [0.29, 0.717) is 25.8 Å². The Hall–Kier alpha value is -1.58. The maximum absolute atomic E-state index is 13.4. The van der Waals surface area contributed by atoms with Crippen LogP contribution in [0.15, 0.2) is 18.2 Å². The first kappa shape index (κ1) is 22.1. The molecule has 1 aromatic rings. The number of hydrogen-bond acceptors (Lipinski definition) is 4. The minimum absolute atomic E-state index is 0.0235. The van der Waals surface area contributed by atoms with E-state index in [9.17, 15) is 22.4 Å². The van der Waals surface area contributed by atoms with E-state index in [4.69, 9.17) is 16.3 Å². The van der Waals surface area contributed by atoms with Crippen LogP contribution in [0.2, 0.25) is 5.02 Å². The maximum Gasteiger partial charge on any atom is 0.522 e. The zero-order chi connectivity index (χ0) is 21.0. The number of amides is 1.